The standard InChI is InChI=1S/C84H118N16O25S3/c1-6-47(2)70-76(116)89-41-67(108)91-62-45-128(124)78-54(38-60(73(113)88-42-68(109)98-70)93-77(117)71(48(3)63(104)44-101)99-84(46-102)40-51(103)43-100(84)79(118)61(39-64(85)105)94-75(62)115)53-25-24-52(37-57(53)95-78)125-33-18-34-126-127-83(4,5)30-32-87-72(112)58(35-49-19-12-10-13-20-49)92-74(114)59(36-50-21-14-11-15-22-50)90-66(107)23-16-8-7-9-17-31-86-65(106)28-26-55(80(119)120)96-82(123)97-56(81(121)122)27-29-69(110)111/h10-15,19-22,24-25,37,46-48,51,55-56,58-63,70-71,95,99,101,103-104H,6-9,16-18,23,26-36,38-45H2,1-5H3,(H2,85,105)(H,86,106)(H,87,112)(H,88,113)(H,89,116)(H,90,107)(H,91,108)(H,92,114)(H,93,117)(H,94,115)(H,98,109)(H,110,111)(H,119,120)(H,121,122)(H2,96,97,123)/t47-,48-,51+,55?,56?,58-,59-,60?,61-,62?,63-,70-,71-,84?,128?/m0/s1. The van der Waals surface area contributed by atoms with Crippen molar-refractivity contribution in [2.45, 2.75) is 232 Å². The van der Waals surface area contributed by atoms with Crippen LogP contribution in [0.1, 0.15) is 148 Å². The number of benzene rings is 3. The summed E-state index contributed by atoms with van der Waals surface area (Å²) in [5.41, 5.74) is 5.09. The molecule has 0 aliphatic carbocycles. The van der Waals surface area contributed by atoms with Gasteiger partial charge in [-0.05, 0) is 81.5 Å². The molecule has 3 aliphatic heterocycles. The molecular weight excluding hydrogens is 1730 g/mol. The molecule has 6 unspecified atom stereocenters. The number of amides is 14. The molecule has 1 aromatic heterocycles. The van der Waals surface area contributed by atoms with Crippen LogP contribution >= 0.6 is 21.6 Å². The summed E-state index contributed by atoms with van der Waals surface area (Å²) in [7, 11) is 3.13. The molecule has 3 aliphatic rings. The van der Waals surface area contributed by atoms with Gasteiger partial charge in [-0.3, -0.25) is 72.4 Å². The quantitative estimate of drug-likeness (QED) is 0.0104. The number of fused-ring (bicyclic) bond motifs is 5. The van der Waals surface area contributed by atoms with Crippen LogP contribution in [0.25, 0.3) is 10.9 Å². The number of nitrogens with one attached hydrogen (secondary N) is 14. The second-order valence-corrected chi connectivity index (χ2v) is 37.0. The largest absolute Gasteiger partial charge is 0.610 e. The third-order valence-corrected chi connectivity index (χ3v) is 26.7. The van der Waals surface area contributed by atoms with Gasteiger partial charge in [0.2, 0.25) is 75.9 Å². The number of carbonyl (C=O) groups is 17. The number of hydrogen-bond acceptors (Lipinski definition) is 25. The Kier molecular flexibility index (Phi) is 41.5. The monoisotopic (exact) mass is 1850 g/mol. The number of aliphatic carboxylic acids is 3. The molecule has 1 fully saturated rings. The molecule has 702 valence electrons. The second-order valence-electron chi connectivity index (χ2n) is 32.4. The first-order chi connectivity index (χ1) is 60.8. The predicted octanol–water partition coefficient (Wildman–Crippen LogP) is -1.43. The van der Waals surface area contributed by atoms with Gasteiger partial charge in [0, 0.05) is 109 Å². The van der Waals surface area contributed by atoms with Gasteiger partial charge in [-0.2, -0.15) is 0 Å². The number of aldehydes is 1. The Morgan fingerprint density at radius 1 is 0.695 bits per heavy atom. The van der Waals surface area contributed by atoms with E-state index in [1.54, 1.807) is 65.8 Å². The summed E-state index contributed by atoms with van der Waals surface area (Å²) >= 11 is -2.48. The first-order valence-corrected chi connectivity index (χ1v) is 46.0. The minimum atomic E-state index is -2.48. The van der Waals surface area contributed by atoms with E-state index in [1.165, 1.54) is 6.92 Å². The average Bonchev–Trinajstić information content (AvgIpc) is 1.61. The highest BCUT2D eigenvalue weighted by Crippen LogP contribution is 2.39. The van der Waals surface area contributed by atoms with Gasteiger partial charge in [0.05, 0.1) is 56.5 Å². The molecule has 128 heavy (non-hydrogen) atoms. The summed E-state index contributed by atoms with van der Waals surface area (Å²) < 4.78 is 21.1. The van der Waals surface area contributed by atoms with Crippen LogP contribution in [0.5, 0.6) is 5.75 Å². The molecule has 0 spiro atoms. The van der Waals surface area contributed by atoms with E-state index >= 15 is 9.35 Å². The molecule has 3 aromatic carbocycles. The van der Waals surface area contributed by atoms with Gasteiger partial charge < -0.3 is 119 Å². The Balaban J connectivity index is 0.989. The van der Waals surface area contributed by atoms with Crippen LogP contribution in [0, 0.1) is 11.8 Å². The lowest BCUT2D eigenvalue weighted by Crippen LogP contribution is -2.69. The number of carboxylic acids is 3. The van der Waals surface area contributed by atoms with E-state index < -0.39 is 253 Å². The number of carboxylic acid groups (broad SMARTS) is 3. The number of unbranched alkanes of at least 4 members (excludes halogenated alkanes) is 4. The molecule has 4 aromatic rings. The molecule has 14 amide bonds. The Morgan fingerprint density at radius 2 is 1.31 bits per heavy atom. The molecule has 1 saturated heterocycles. The number of urea groups is 1. The summed E-state index contributed by atoms with van der Waals surface area (Å²) in [4.78, 5) is 233. The minimum Gasteiger partial charge on any atom is -0.610 e. The molecule has 0 radical (unpaired) electrons. The number of aliphatic hydroxyl groups excluding tert-OH is 3. The number of aromatic nitrogens is 1. The maximum atomic E-state index is 15.3. The zero-order valence-electron chi connectivity index (χ0n) is 71.9. The van der Waals surface area contributed by atoms with E-state index in [-0.39, 0.29) is 85.5 Å². The van der Waals surface area contributed by atoms with E-state index in [2.05, 4.69) is 68.8 Å². The van der Waals surface area contributed by atoms with Gasteiger partial charge in [0.25, 0.3) is 0 Å². The van der Waals surface area contributed by atoms with Gasteiger partial charge in [-0.15, -0.1) is 0 Å². The van der Waals surface area contributed by atoms with Crippen LogP contribution in [0.4, 0.5) is 4.79 Å². The van der Waals surface area contributed by atoms with Gasteiger partial charge in [0.1, 0.15) is 53.8 Å². The van der Waals surface area contributed by atoms with E-state index in [4.69, 9.17) is 15.6 Å². The zero-order valence-corrected chi connectivity index (χ0v) is 74.3. The molecule has 4 heterocycles. The van der Waals surface area contributed by atoms with Crippen molar-refractivity contribution < 1.29 is 121 Å². The van der Waals surface area contributed by atoms with Gasteiger partial charge >= 0.3 is 23.9 Å². The first kappa shape index (κ1) is 104. The molecular formula is C84H118N16O25S3. The Labute approximate surface area is 749 Å². The fourth-order valence-electron chi connectivity index (χ4n) is 14.5. The number of aromatic amines is 1. The smallest absolute Gasteiger partial charge is 0.326 e. The summed E-state index contributed by atoms with van der Waals surface area (Å²) in [6, 6.07) is 7.61. The maximum Gasteiger partial charge on any atom is 0.326 e. The van der Waals surface area contributed by atoms with E-state index in [9.17, 15) is 102 Å². The number of aliphatic hydroxyl groups is 3. The van der Waals surface area contributed by atoms with Crippen molar-refractivity contribution in [1.82, 2.24) is 79.0 Å². The first-order valence-electron chi connectivity index (χ1n) is 42.3. The van der Waals surface area contributed by atoms with Crippen molar-refractivity contribution in [3.63, 3.8) is 0 Å². The zero-order chi connectivity index (χ0) is 94.0. The Morgan fingerprint density at radius 3 is 1.93 bits per heavy atom. The lowest BCUT2D eigenvalue weighted by atomic mass is 9.92. The van der Waals surface area contributed by atoms with Crippen LogP contribution in [0.2, 0.25) is 0 Å². The fraction of sp³-hybridized carbons (Fsp3) is 0.560. The second kappa shape index (κ2) is 51.1. The van der Waals surface area contributed by atoms with Gasteiger partial charge in [-0.25, -0.2) is 14.4 Å². The van der Waals surface area contributed by atoms with Crippen molar-refractivity contribution >= 4 is 145 Å². The highest BCUT2D eigenvalue weighted by Gasteiger charge is 2.53. The molecule has 22 N–H and O–H groups in total. The molecule has 7 rings (SSSR count). The number of ether oxygens (including phenoxy) is 1. The summed E-state index contributed by atoms with van der Waals surface area (Å²) in [5.74, 6) is -16.7. The average molecular weight is 1850 g/mol. The summed E-state index contributed by atoms with van der Waals surface area (Å²) in [6.45, 7) is 6.07. The highest BCUT2D eigenvalue weighted by molar-refractivity contribution is 8.77. The number of rotatable bonds is 44. The third kappa shape index (κ3) is 32.9. The molecule has 0 saturated carbocycles. The lowest BCUT2D eigenvalue weighted by molar-refractivity contribution is -0.147. The van der Waals surface area contributed by atoms with Crippen LogP contribution < -0.4 is 79.6 Å². The fourth-order valence-corrected chi connectivity index (χ4v) is 18.5. The number of carbonyl (C=O) groups excluding carboxylic acids is 14. The van der Waals surface area contributed by atoms with Gasteiger partial charge in [-0.1, -0.05) is 129 Å². The Bertz CT molecular complexity index is 4540. The van der Waals surface area contributed by atoms with Crippen molar-refractivity contribution in [3.8, 4) is 5.75 Å². The Hall–Kier alpha value is -11.2. The van der Waals surface area contributed by atoms with E-state index in [1.807, 2.05) is 67.7 Å². The van der Waals surface area contributed by atoms with Crippen LogP contribution in [-0.2, 0) is 107 Å². The number of hydrogen-bond donors (Lipinski definition) is 21. The lowest BCUT2D eigenvalue weighted by Gasteiger charge is -2.40. The maximum absolute atomic E-state index is 15.3. The van der Waals surface area contributed by atoms with Crippen LogP contribution in [0.3, 0.4) is 0 Å². The number of primary amides is 1. The normalized spacial score (nSPS) is 21.4. The topological polar surface area (TPSA) is 645 Å². The molecule has 44 heteroatoms. The SMILES string of the molecule is CC[C@H](C)[C@@H]1NC(=O)CNC(=O)C2Cc3c([nH]c4cc(OCCCSSC(C)(C)CCNC(=O)[C@H](Cc5ccccc5)NC(=O)[C@H](Cc5ccccc5)NC(=O)CCCCCCCNC(=O)CCC(NC(=O)NC(CCC(=O)O)C(=O)O)C(=O)O)ccc34)[S+]([O-])CC(NC(=O)CNC1=O)C(=O)N[C@@H](CC(N)=O)C(=O)N1C[C@H](O)CC1(C=O)N[C@@H]([C@@H](C)[C@@H](O)CO)C(=O)N2. The van der Waals surface area contributed by atoms with Gasteiger partial charge in [0.15, 0.2) is 18.0 Å². The minimum absolute atomic E-state index is 0.0794. The predicted molar refractivity (Wildman–Crippen MR) is 468 cm³/mol. The van der Waals surface area contributed by atoms with Crippen molar-refractivity contribution in [2.75, 3.05) is 57.4 Å². The number of nitrogens with zero attached hydrogens (tertiary/aromatic N) is 1. The van der Waals surface area contributed by atoms with E-state index in [0.29, 0.717) is 62.9 Å². The number of H-pyrrole nitrogens is 1. The van der Waals surface area contributed by atoms with Crippen LogP contribution in [-0.4, -0.2) is 281 Å². The van der Waals surface area contributed by atoms with Crippen molar-refractivity contribution in [3.05, 3.63) is 95.6 Å². The molecule has 2 bridgehead atoms. The van der Waals surface area contributed by atoms with Crippen molar-refractivity contribution in [1.29, 1.82) is 0 Å². The van der Waals surface area contributed by atoms with Crippen LogP contribution in [0.15, 0.2) is 83.9 Å². The van der Waals surface area contributed by atoms with E-state index in [0.717, 1.165) is 16.0 Å². The molecule has 15 atom stereocenters. The summed E-state index contributed by atoms with van der Waals surface area (Å²) in [5, 5.41) is 93.8. The van der Waals surface area contributed by atoms with Crippen molar-refractivity contribution in [2.24, 2.45) is 17.6 Å². The molecule has 41 nitrogen and oxygen atoms in total. The highest BCUT2D eigenvalue weighted by atomic mass is 33.1. The number of nitrogens with two attached hydrogens (primary N) is 1. The summed E-state index contributed by atoms with van der Waals surface area (Å²) in [6.07, 6.45) is -2.24. The third-order valence-electron chi connectivity index (χ3n) is 21.9.